The molecule has 0 aliphatic heterocycles. The molecule has 21 heavy (non-hydrogen) atoms. The zero-order valence-corrected chi connectivity index (χ0v) is 12.3. The summed E-state index contributed by atoms with van der Waals surface area (Å²) in [5.41, 5.74) is 1.22. The number of carbonyl (C=O) groups is 1. The zero-order chi connectivity index (χ0) is 15.5. The molecule has 0 saturated heterocycles. The van der Waals surface area contributed by atoms with Crippen LogP contribution >= 0.6 is 0 Å². The number of hydrogen-bond acceptors (Lipinski definition) is 3. The summed E-state index contributed by atoms with van der Waals surface area (Å²) in [7, 11) is -3.75. The van der Waals surface area contributed by atoms with Crippen molar-refractivity contribution in [1.29, 1.82) is 0 Å². The van der Waals surface area contributed by atoms with Gasteiger partial charge in [0.15, 0.2) is 0 Å². The number of amides is 1. The van der Waals surface area contributed by atoms with Crippen LogP contribution in [0.3, 0.4) is 0 Å². The van der Waals surface area contributed by atoms with Crippen LogP contribution in [0.25, 0.3) is 0 Å². The third kappa shape index (κ3) is 3.90. The van der Waals surface area contributed by atoms with Crippen molar-refractivity contribution in [2.45, 2.75) is 17.9 Å². The van der Waals surface area contributed by atoms with Gasteiger partial charge in [-0.3, -0.25) is 4.79 Å². The summed E-state index contributed by atoms with van der Waals surface area (Å²) in [6.45, 7) is 1.78. The number of benzene rings is 2. The van der Waals surface area contributed by atoms with E-state index in [2.05, 4.69) is 5.32 Å². The predicted octanol–water partition coefficient (Wildman–Crippen LogP) is 1.83. The lowest BCUT2D eigenvalue weighted by Crippen LogP contribution is -2.26. The van der Waals surface area contributed by atoms with Crippen LogP contribution in [0.2, 0.25) is 0 Å². The minimum absolute atomic E-state index is 0.0285. The van der Waals surface area contributed by atoms with Gasteiger partial charge in [0.05, 0.1) is 10.9 Å². The molecule has 0 spiro atoms. The van der Waals surface area contributed by atoms with Crippen molar-refractivity contribution >= 4 is 15.9 Å². The standard InChI is InChI=1S/C15H16N2O3S/c1-11(17-15(18)12-6-3-2-4-7-12)13-8-5-9-14(10-13)21(16,19)20/h2-11H,1H3,(H,17,18)(H2,16,19,20). The Morgan fingerprint density at radius 1 is 1.10 bits per heavy atom. The number of nitrogens with one attached hydrogen (secondary N) is 1. The van der Waals surface area contributed by atoms with E-state index in [9.17, 15) is 13.2 Å². The summed E-state index contributed by atoms with van der Waals surface area (Å²) in [5, 5.41) is 7.92. The first-order chi connectivity index (χ1) is 9.88. The molecule has 0 bridgehead atoms. The third-order valence-electron chi connectivity index (χ3n) is 3.07. The third-order valence-corrected chi connectivity index (χ3v) is 3.98. The highest BCUT2D eigenvalue weighted by Gasteiger charge is 2.14. The van der Waals surface area contributed by atoms with Crippen LogP contribution in [0.1, 0.15) is 28.9 Å². The topological polar surface area (TPSA) is 89.3 Å². The summed E-state index contributed by atoms with van der Waals surface area (Å²) >= 11 is 0. The van der Waals surface area contributed by atoms with Gasteiger partial charge in [-0.1, -0.05) is 30.3 Å². The van der Waals surface area contributed by atoms with Gasteiger partial charge in [0, 0.05) is 5.56 Å². The van der Waals surface area contributed by atoms with Crippen molar-refractivity contribution in [2.24, 2.45) is 5.14 Å². The molecule has 1 amide bonds. The monoisotopic (exact) mass is 304 g/mol. The van der Waals surface area contributed by atoms with Crippen LogP contribution < -0.4 is 10.5 Å². The Kier molecular flexibility index (Phi) is 4.40. The van der Waals surface area contributed by atoms with Gasteiger partial charge in [0.2, 0.25) is 10.0 Å². The van der Waals surface area contributed by atoms with Crippen LogP contribution in [0.4, 0.5) is 0 Å². The predicted molar refractivity (Wildman–Crippen MR) is 80.1 cm³/mol. The molecule has 2 aromatic rings. The van der Waals surface area contributed by atoms with Crippen molar-refractivity contribution < 1.29 is 13.2 Å². The van der Waals surface area contributed by atoms with E-state index in [1.54, 1.807) is 43.3 Å². The maximum Gasteiger partial charge on any atom is 0.251 e. The normalized spacial score (nSPS) is 12.7. The lowest BCUT2D eigenvalue weighted by atomic mass is 10.1. The molecule has 0 fully saturated rings. The summed E-state index contributed by atoms with van der Waals surface area (Å²) < 4.78 is 22.7. The van der Waals surface area contributed by atoms with Gasteiger partial charge in [-0.05, 0) is 36.8 Å². The number of sulfonamides is 1. The Morgan fingerprint density at radius 2 is 1.76 bits per heavy atom. The molecule has 0 heterocycles. The van der Waals surface area contributed by atoms with Crippen LogP contribution in [0.5, 0.6) is 0 Å². The van der Waals surface area contributed by atoms with Crippen molar-refractivity contribution in [1.82, 2.24) is 5.32 Å². The van der Waals surface area contributed by atoms with Gasteiger partial charge in [-0.15, -0.1) is 0 Å². The highest BCUT2D eigenvalue weighted by atomic mass is 32.2. The number of nitrogens with two attached hydrogens (primary N) is 1. The second-order valence-electron chi connectivity index (χ2n) is 4.68. The zero-order valence-electron chi connectivity index (χ0n) is 11.5. The SMILES string of the molecule is CC(NC(=O)c1ccccc1)c1cccc(S(N)(=O)=O)c1. The Balaban J connectivity index is 2.18. The number of primary sulfonamides is 1. The molecule has 1 atom stereocenters. The molecule has 0 aromatic heterocycles. The van der Waals surface area contributed by atoms with E-state index >= 15 is 0 Å². The van der Waals surface area contributed by atoms with Crippen molar-refractivity contribution in [2.75, 3.05) is 0 Å². The Morgan fingerprint density at radius 3 is 2.38 bits per heavy atom. The molecular formula is C15H16N2O3S. The van der Waals surface area contributed by atoms with E-state index in [0.717, 1.165) is 0 Å². The van der Waals surface area contributed by atoms with Gasteiger partial charge < -0.3 is 5.32 Å². The first-order valence-electron chi connectivity index (χ1n) is 6.36. The molecule has 2 rings (SSSR count). The van der Waals surface area contributed by atoms with Crippen molar-refractivity contribution in [3.05, 3.63) is 65.7 Å². The van der Waals surface area contributed by atoms with E-state index in [1.165, 1.54) is 12.1 Å². The molecule has 0 radical (unpaired) electrons. The van der Waals surface area contributed by atoms with Crippen LogP contribution in [-0.2, 0) is 10.0 Å². The smallest absolute Gasteiger partial charge is 0.251 e. The molecule has 0 saturated carbocycles. The van der Waals surface area contributed by atoms with Crippen molar-refractivity contribution in [3.63, 3.8) is 0 Å². The first kappa shape index (κ1) is 15.2. The Labute approximate surface area is 123 Å². The van der Waals surface area contributed by atoms with Gasteiger partial charge in [0.1, 0.15) is 0 Å². The second-order valence-corrected chi connectivity index (χ2v) is 6.24. The van der Waals surface area contributed by atoms with Crippen LogP contribution in [0.15, 0.2) is 59.5 Å². The maximum atomic E-state index is 12.1. The largest absolute Gasteiger partial charge is 0.346 e. The summed E-state index contributed by atoms with van der Waals surface area (Å²) in [6.07, 6.45) is 0. The molecule has 5 nitrogen and oxygen atoms in total. The van der Waals surface area contributed by atoms with Gasteiger partial charge in [-0.25, -0.2) is 13.6 Å². The molecule has 1 unspecified atom stereocenters. The van der Waals surface area contributed by atoms with E-state index in [0.29, 0.717) is 11.1 Å². The van der Waals surface area contributed by atoms with Crippen LogP contribution in [-0.4, -0.2) is 14.3 Å². The van der Waals surface area contributed by atoms with Gasteiger partial charge in [0.25, 0.3) is 5.91 Å². The first-order valence-corrected chi connectivity index (χ1v) is 7.91. The molecule has 2 aromatic carbocycles. The molecule has 6 heteroatoms. The lowest BCUT2D eigenvalue weighted by molar-refractivity contribution is 0.0940. The molecule has 3 N–H and O–H groups in total. The molecule has 0 aliphatic carbocycles. The van der Waals surface area contributed by atoms with E-state index in [-0.39, 0.29) is 16.8 Å². The van der Waals surface area contributed by atoms with Crippen LogP contribution in [0, 0.1) is 0 Å². The lowest BCUT2D eigenvalue weighted by Gasteiger charge is -2.15. The molecule has 0 aliphatic rings. The fraction of sp³-hybridized carbons (Fsp3) is 0.133. The highest BCUT2D eigenvalue weighted by molar-refractivity contribution is 7.89. The average Bonchev–Trinajstić information content (AvgIpc) is 2.47. The number of hydrogen-bond donors (Lipinski definition) is 2. The minimum Gasteiger partial charge on any atom is -0.346 e. The van der Waals surface area contributed by atoms with Gasteiger partial charge >= 0.3 is 0 Å². The number of carbonyl (C=O) groups excluding carboxylic acids is 1. The van der Waals surface area contributed by atoms with E-state index < -0.39 is 10.0 Å². The average molecular weight is 304 g/mol. The Hall–Kier alpha value is -2.18. The summed E-state index contributed by atoms with van der Waals surface area (Å²) in [6, 6.07) is 14.7. The highest BCUT2D eigenvalue weighted by Crippen LogP contribution is 2.17. The summed E-state index contributed by atoms with van der Waals surface area (Å²) in [4.78, 5) is 12.1. The fourth-order valence-corrected chi connectivity index (χ4v) is 2.48. The summed E-state index contributed by atoms with van der Waals surface area (Å²) in [5.74, 6) is -0.218. The van der Waals surface area contributed by atoms with Gasteiger partial charge in [-0.2, -0.15) is 0 Å². The molecular weight excluding hydrogens is 288 g/mol. The quantitative estimate of drug-likeness (QED) is 0.903. The van der Waals surface area contributed by atoms with E-state index in [4.69, 9.17) is 5.14 Å². The number of rotatable bonds is 4. The molecule has 110 valence electrons. The van der Waals surface area contributed by atoms with E-state index in [1.807, 2.05) is 6.07 Å². The minimum atomic E-state index is -3.75. The maximum absolute atomic E-state index is 12.1. The van der Waals surface area contributed by atoms with Crippen molar-refractivity contribution in [3.8, 4) is 0 Å². The fourth-order valence-electron chi connectivity index (χ4n) is 1.91. The second kappa shape index (κ2) is 6.07. The Bertz CT molecular complexity index is 743.